The number of Topliss-reactive ketones (excluding diaryl/α,β-unsaturated/α-hetero) is 1. The lowest BCUT2D eigenvalue weighted by Gasteiger charge is -2.31. The summed E-state index contributed by atoms with van der Waals surface area (Å²) in [4.78, 5) is 26.4. The van der Waals surface area contributed by atoms with Crippen LogP contribution in [0, 0.1) is 17.6 Å². The van der Waals surface area contributed by atoms with Crippen LogP contribution in [0.25, 0.3) is 0 Å². The second-order valence-corrected chi connectivity index (χ2v) is 5.95. The summed E-state index contributed by atoms with van der Waals surface area (Å²) in [7, 11) is 0. The van der Waals surface area contributed by atoms with Gasteiger partial charge in [-0.1, -0.05) is 6.07 Å². The normalized spacial score (nSPS) is 15.3. The van der Waals surface area contributed by atoms with Crippen LogP contribution >= 0.6 is 0 Å². The molecular weight excluding hydrogens is 312 g/mol. The number of amides is 1. The van der Waals surface area contributed by atoms with E-state index in [4.69, 9.17) is 0 Å². The number of piperidine rings is 1. The van der Waals surface area contributed by atoms with Gasteiger partial charge in [0.05, 0.1) is 0 Å². The Labute approximate surface area is 138 Å². The Hall–Kier alpha value is -2.56. The first-order chi connectivity index (χ1) is 11.5. The van der Waals surface area contributed by atoms with Gasteiger partial charge in [0, 0.05) is 30.1 Å². The topological polar surface area (TPSA) is 37.4 Å². The highest BCUT2D eigenvalue weighted by Gasteiger charge is 2.28. The molecule has 0 aliphatic carbocycles. The molecule has 0 aromatic heterocycles. The third kappa shape index (κ3) is 3.50. The number of benzene rings is 2. The molecule has 0 radical (unpaired) electrons. The van der Waals surface area contributed by atoms with Crippen molar-refractivity contribution >= 4 is 11.7 Å². The average molecular weight is 329 g/mol. The highest BCUT2D eigenvalue weighted by molar-refractivity contribution is 5.98. The number of nitrogens with zero attached hydrogens (tertiary/aromatic N) is 1. The Morgan fingerprint density at radius 1 is 0.875 bits per heavy atom. The number of hydrogen-bond donors (Lipinski definition) is 0. The molecular formula is C19H17F2NO2. The van der Waals surface area contributed by atoms with E-state index in [9.17, 15) is 18.4 Å². The summed E-state index contributed by atoms with van der Waals surface area (Å²) in [5.41, 5.74) is 0.810. The predicted molar refractivity (Wildman–Crippen MR) is 85.8 cm³/mol. The molecule has 0 spiro atoms. The van der Waals surface area contributed by atoms with E-state index in [1.807, 2.05) is 0 Å². The standard InChI is InChI=1S/C19H17F2NO2/c20-16-6-4-13(5-7-16)18(23)14-8-10-22(11-9-14)19(24)15-2-1-3-17(21)12-15/h1-7,12,14H,8-11H2. The van der Waals surface area contributed by atoms with Gasteiger partial charge in [0.15, 0.2) is 5.78 Å². The first-order valence-corrected chi connectivity index (χ1v) is 7.89. The number of likely N-dealkylation sites (tertiary alicyclic amines) is 1. The Morgan fingerprint density at radius 3 is 2.17 bits per heavy atom. The van der Waals surface area contributed by atoms with Gasteiger partial charge in [-0.15, -0.1) is 0 Å². The minimum atomic E-state index is -0.442. The molecule has 0 atom stereocenters. The van der Waals surface area contributed by atoms with Crippen molar-refractivity contribution in [1.29, 1.82) is 0 Å². The maximum atomic E-state index is 13.2. The molecule has 1 aliphatic heterocycles. The number of halogens is 2. The lowest BCUT2D eigenvalue weighted by Crippen LogP contribution is -2.40. The Morgan fingerprint density at radius 2 is 1.54 bits per heavy atom. The molecule has 3 rings (SSSR count). The van der Waals surface area contributed by atoms with Crippen molar-refractivity contribution in [3.8, 4) is 0 Å². The van der Waals surface area contributed by atoms with Gasteiger partial charge in [0.25, 0.3) is 5.91 Å². The predicted octanol–water partition coefficient (Wildman–Crippen LogP) is 3.70. The molecule has 5 heteroatoms. The summed E-state index contributed by atoms with van der Waals surface area (Å²) in [5, 5.41) is 0. The van der Waals surface area contributed by atoms with Gasteiger partial charge in [0.2, 0.25) is 0 Å². The van der Waals surface area contributed by atoms with E-state index in [-0.39, 0.29) is 23.4 Å². The van der Waals surface area contributed by atoms with E-state index < -0.39 is 5.82 Å². The van der Waals surface area contributed by atoms with E-state index in [1.165, 1.54) is 42.5 Å². The fourth-order valence-electron chi connectivity index (χ4n) is 3.00. The zero-order valence-electron chi connectivity index (χ0n) is 13.0. The summed E-state index contributed by atoms with van der Waals surface area (Å²) < 4.78 is 26.2. The number of ketones is 1. The number of rotatable bonds is 3. The lowest BCUT2D eigenvalue weighted by atomic mass is 9.88. The Kier molecular flexibility index (Phi) is 4.69. The molecule has 24 heavy (non-hydrogen) atoms. The van der Waals surface area contributed by atoms with Crippen LogP contribution in [0.15, 0.2) is 48.5 Å². The van der Waals surface area contributed by atoms with Crippen molar-refractivity contribution in [2.45, 2.75) is 12.8 Å². The second kappa shape index (κ2) is 6.91. The molecule has 0 N–H and O–H groups in total. The summed E-state index contributed by atoms with van der Waals surface area (Å²) in [6.07, 6.45) is 1.11. The third-order valence-electron chi connectivity index (χ3n) is 4.35. The van der Waals surface area contributed by atoms with E-state index in [2.05, 4.69) is 0 Å². The first kappa shape index (κ1) is 16.3. The number of carbonyl (C=O) groups excluding carboxylic acids is 2. The highest BCUT2D eigenvalue weighted by Crippen LogP contribution is 2.23. The van der Waals surface area contributed by atoms with Crippen LogP contribution in [0.1, 0.15) is 33.6 Å². The smallest absolute Gasteiger partial charge is 0.253 e. The summed E-state index contributed by atoms with van der Waals surface area (Å²) in [6, 6.07) is 11.1. The van der Waals surface area contributed by atoms with E-state index in [1.54, 1.807) is 11.0 Å². The zero-order chi connectivity index (χ0) is 17.1. The largest absolute Gasteiger partial charge is 0.339 e. The van der Waals surface area contributed by atoms with Crippen molar-refractivity contribution in [2.75, 3.05) is 13.1 Å². The van der Waals surface area contributed by atoms with Crippen LogP contribution in [0.3, 0.4) is 0 Å². The summed E-state index contributed by atoms with van der Waals surface area (Å²) >= 11 is 0. The Bertz CT molecular complexity index is 750. The number of carbonyl (C=O) groups is 2. The Balaban J connectivity index is 1.62. The molecule has 1 amide bonds. The minimum absolute atomic E-state index is 0.0205. The fraction of sp³-hybridized carbons (Fsp3) is 0.263. The van der Waals surface area contributed by atoms with Crippen LogP contribution in [-0.2, 0) is 0 Å². The first-order valence-electron chi connectivity index (χ1n) is 7.89. The van der Waals surface area contributed by atoms with Gasteiger partial charge in [-0.3, -0.25) is 9.59 Å². The molecule has 0 bridgehead atoms. The molecule has 1 saturated heterocycles. The number of hydrogen-bond acceptors (Lipinski definition) is 2. The van der Waals surface area contributed by atoms with Crippen LogP contribution in [0.2, 0.25) is 0 Å². The van der Waals surface area contributed by atoms with Gasteiger partial charge in [-0.05, 0) is 55.3 Å². The lowest BCUT2D eigenvalue weighted by molar-refractivity contribution is 0.0650. The van der Waals surface area contributed by atoms with Crippen LogP contribution < -0.4 is 0 Å². The monoisotopic (exact) mass is 329 g/mol. The molecule has 1 aliphatic rings. The molecule has 124 valence electrons. The van der Waals surface area contributed by atoms with Gasteiger partial charge < -0.3 is 4.90 Å². The molecule has 2 aromatic carbocycles. The van der Waals surface area contributed by atoms with Crippen molar-refractivity contribution in [2.24, 2.45) is 5.92 Å². The van der Waals surface area contributed by atoms with E-state index in [0.29, 0.717) is 37.1 Å². The van der Waals surface area contributed by atoms with Crippen LogP contribution in [0.5, 0.6) is 0 Å². The van der Waals surface area contributed by atoms with E-state index >= 15 is 0 Å². The molecule has 0 unspecified atom stereocenters. The van der Waals surface area contributed by atoms with E-state index in [0.717, 1.165) is 0 Å². The summed E-state index contributed by atoms with van der Waals surface area (Å²) in [6.45, 7) is 0.903. The molecule has 1 fully saturated rings. The highest BCUT2D eigenvalue weighted by atomic mass is 19.1. The fourth-order valence-corrected chi connectivity index (χ4v) is 3.00. The van der Waals surface area contributed by atoms with Crippen molar-refractivity contribution in [3.05, 3.63) is 71.3 Å². The van der Waals surface area contributed by atoms with Crippen LogP contribution in [-0.4, -0.2) is 29.7 Å². The molecule has 3 nitrogen and oxygen atoms in total. The van der Waals surface area contributed by atoms with Gasteiger partial charge in [-0.25, -0.2) is 8.78 Å². The van der Waals surface area contributed by atoms with Gasteiger partial charge in [0.1, 0.15) is 11.6 Å². The van der Waals surface area contributed by atoms with Gasteiger partial charge in [-0.2, -0.15) is 0 Å². The third-order valence-corrected chi connectivity index (χ3v) is 4.35. The molecule has 1 heterocycles. The maximum absolute atomic E-state index is 13.2. The molecule has 0 saturated carbocycles. The zero-order valence-corrected chi connectivity index (χ0v) is 13.0. The van der Waals surface area contributed by atoms with Crippen molar-refractivity contribution < 1.29 is 18.4 Å². The van der Waals surface area contributed by atoms with Crippen molar-refractivity contribution in [1.82, 2.24) is 4.90 Å². The quantitative estimate of drug-likeness (QED) is 0.805. The minimum Gasteiger partial charge on any atom is -0.339 e. The maximum Gasteiger partial charge on any atom is 0.253 e. The van der Waals surface area contributed by atoms with Crippen LogP contribution in [0.4, 0.5) is 8.78 Å². The summed E-state index contributed by atoms with van der Waals surface area (Å²) in [5.74, 6) is -1.23. The SMILES string of the molecule is O=C(c1ccc(F)cc1)C1CCN(C(=O)c2cccc(F)c2)CC1. The van der Waals surface area contributed by atoms with Crippen molar-refractivity contribution in [3.63, 3.8) is 0 Å². The second-order valence-electron chi connectivity index (χ2n) is 5.95. The van der Waals surface area contributed by atoms with Gasteiger partial charge >= 0.3 is 0 Å². The average Bonchev–Trinajstić information content (AvgIpc) is 2.61. The molecule has 2 aromatic rings.